The van der Waals surface area contributed by atoms with Crippen molar-refractivity contribution in [3.05, 3.63) is 53.3 Å². The summed E-state index contributed by atoms with van der Waals surface area (Å²) in [5.74, 6) is 2.45. The van der Waals surface area contributed by atoms with E-state index in [2.05, 4.69) is 0 Å². The molecule has 1 aliphatic heterocycles. The van der Waals surface area contributed by atoms with Gasteiger partial charge in [0, 0.05) is 13.0 Å². The highest BCUT2D eigenvalue weighted by molar-refractivity contribution is 5.77. The monoisotopic (exact) mass is 441 g/mol. The molecule has 1 fully saturated rings. The van der Waals surface area contributed by atoms with Gasteiger partial charge in [-0.15, -0.1) is 0 Å². The number of rotatable bonds is 8. The van der Waals surface area contributed by atoms with Crippen molar-refractivity contribution in [1.29, 1.82) is 0 Å². The molecule has 0 radical (unpaired) electrons. The zero-order valence-electron chi connectivity index (χ0n) is 18.9. The first-order valence-electron chi connectivity index (χ1n) is 11.5. The Morgan fingerprint density at radius 3 is 2.44 bits per heavy atom. The van der Waals surface area contributed by atoms with Crippen molar-refractivity contribution in [2.45, 2.75) is 51.0 Å². The van der Waals surface area contributed by atoms with E-state index < -0.39 is 0 Å². The molecule has 0 N–H and O–H groups in total. The zero-order valence-corrected chi connectivity index (χ0v) is 18.9. The zero-order chi connectivity index (χ0) is 22.5. The van der Waals surface area contributed by atoms with Gasteiger partial charge in [-0.25, -0.2) is 4.39 Å². The van der Waals surface area contributed by atoms with E-state index in [1.165, 1.54) is 37.8 Å². The first-order chi connectivity index (χ1) is 15.6. The summed E-state index contributed by atoms with van der Waals surface area (Å²) in [4.78, 5) is 15.2. The molecule has 1 aliphatic carbocycles. The van der Waals surface area contributed by atoms with Crippen LogP contribution in [0.4, 0.5) is 4.39 Å². The molecule has 172 valence electrons. The van der Waals surface area contributed by atoms with Crippen LogP contribution in [0.1, 0.15) is 55.7 Å². The normalized spacial score (nSPS) is 18.3. The molecule has 2 aromatic rings. The number of nitrogens with zero attached hydrogens (tertiary/aromatic N) is 1. The van der Waals surface area contributed by atoms with Gasteiger partial charge >= 0.3 is 0 Å². The molecule has 2 aliphatic rings. The first-order valence-corrected chi connectivity index (χ1v) is 11.5. The SMILES string of the molecule is COc1cc2c(cc1OC)C(COc1ccc(F)cc1)N(C(=O)CCC1CCCC1)CC2. The minimum absolute atomic E-state index is 0.171. The van der Waals surface area contributed by atoms with E-state index in [0.29, 0.717) is 42.7 Å². The Bertz CT molecular complexity index is 924. The number of ether oxygens (including phenoxy) is 3. The molecule has 32 heavy (non-hydrogen) atoms. The molecule has 1 saturated carbocycles. The standard InChI is InChI=1S/C26H32FNO4/c1-30-24-15-19-13-14-28(26(29)12-7-18-5-3-4-6-18)23(22(19)16-25(24)31-2)17-32-21-10-8-20(27)9-11-21/h8-11,15-16,18,23H,3-7,12-14,17H2,1-2H3. The molecular formula is C26H32FNO4. The Morgan fingerprint density at radius 1 is 1.06 bits per heavy atom. The number of hydrogen-bond donors (Lipinski definition) is 0. The minimum atomic E-state index is -0.305. The van der Waals surface area contributed by atoms with Crippen LogP contribution in [0.15, 0.2) is 36.4 Å². The van der Waals surface area contributed by atoms with Crippen molar-refractivity contribution in [3.63, 3.8) is 0 Å². The fourth-order valence-electron chi connectivity index (χ4n) is 4.98. The first kappa shape index (κ1) is 22.4. The number of fused-ring (bicyclic) bond motifs is 1. The number of benzene rings is 2. The van der Waals surface area contributed by atoms with E-state index in [9.17, 15) is 9.18 Å². The summed E-state index contributed by atoms with van der Waals surface area (Å²) in [6.45, 7) is 0.937. The van der Waals surface area contributed by atoms with Gasteiger partial charge in [0.15, 0.2) is 11.5 Å². The largest absolute Gasteiger partial charge is 0.493 e. The highest BCUT2D eigenvalue weighted by Crippen LogP contribution is 2.39. The summed E-state index contributed by atoms with van der Waals surface area (Å²) in [5, 5.41) is 0. The quantitative estimate of drug-likeness (QED) is 0.556. The molecular weight excluding hydrogens is 409 g/mol. The van der Waals surface area contributed by atoms with Crippen LogP contribution in [0.5, 0.6) is 17.2 Å². The fraction of sp³-hybridized carbons (Fsp3) is 0.500. The molecule has 0 bridgehead atoms. The lowest BCUT2D eigenvalue weighted by Gasteiger charge is -2.38. The van der Waals surface area contributed by atoms with Crippen LogP contribution in [0.3, 0.4) is 0 Å². The molecule has 1 atom stereocenters. The van der Waals surface area contributed by atoms with Crippen LogP contribution in [0.25, 0.3) is 0 Å². The minimum Gasteiger partial charge on any atom is -0.493 e. The summed E-state index contributed by atoms with van der Waals surface area (Å²) in [6, 6.07) is 9.70. The Balaban J connectivity index is 1.57. The Kier molecular flexibility index (Phi) is 7.18. The smallest absolute Gasteiger partial charge is 0.223 e. The van der Waals surface area contributed by atoms with Crippen molar-refractivity contribution in [2.75, 3.05) is 27.4 Å². The van der Waals surface area contributed by atoms with Crippen molar-refractivity contribution < 1.29 is 23.4 Å². The number of halogens is 1. The molecule has 0 aromatic heterocycles. The molecule has 5 nitrogen and oxygen atoms in total. The van der Waals surface area contributed by atoms with Crippen LogP contribution in [0, 0.1) is 11.7 Å². The van der Waals surface area contributed by atoms with Crippen LogP contribution in [0.2, 0.25) is 0 Å². The summed E-state index contributed by atoms with van der Waals surface area (Å²) in [5.41, 5.74) is 2.15. The van der Waals surface area contributed by atoms with E-state index in [0.717, 1.165) is 24.0 Å². The highest BCUT2D eigenvalue weighted by atomic mass is 19.1. The Morgan fingerprint density at radius 2 is 1.75 bits per heavy atom. The van der Waals surface area contributed by atoms with Gasteiger partial charge in [0.1, 0.15) is 18.2 Å². The Labute approximate surface area is 189 Å². The molecule has 1 unspecified atom stereocenters. The number of carbonyl (C=O) groups excluding carboxylic acids is 1. The van der Waals surface area contributed by atoms with Gasteiger partial charge in [0.05, 0.1) is 20.3 Å². The number of carbonyl (C=O) groups is 1. The van der Waals surface area contributed by atoms with Crippen molar-refractivity contribution >= 4 is 5.91 Å². The third-order valence-electron chi connectivity index (χ3n) is 6.79. The maximum atomic E-state index is 13.3. The topological polar surface area (TPSA) is 48.0 Å². The summed E-state index contributed by atoms with van der Waals surface area (Å²) in [6.07, 6.45) is 7.34. The average molecular weight is 442 g/mol. The van der Waals surface area contributed by atoms with Gasteiger partial charge in [-0.3, -0.25) is 4.79 Å². The molecule has 6 heteroatoms. The van der Waals surface area contributed by atoms with Crippen LogP contribution < -0.4 is 14.2 Å². The molecule has 1 heterocycles. The van der Waals surface area contributed by atoms with Gasteiger partial charge in [-0.2, -0.15) is 0 Å². The second-order valence-corrected chi connectivity index (χ2v) is 8.71. The third kappa shape index (κ3) is 5.00. The fourth-order valence-corrected chi connectivity index (χ4v) is 4.98. The summed E-state index contributed by atoms with van der Waals surface area (Å²) < 4.78 is 30.3. The van der Waals surface area contributed by atoms with Crippen molar-refractivity contribution in [2.24, 2.45) is 5.92 Å². The average Bonchev–Trinajstić information content (AvgIpc) is 3.34. The lowest BCUT2D eigenvalue weighted by atomic mass is 9.91. The van der Waals surface area contributed by atoms with Crippen LogP contribution in [-0.4, -0.2) is 38.2 Å². The lowest BCUT2D eigenvalue weighted by molar-refractivity contribution is -0.135. The summed E-state index contributed by atoms with van der Waals surface area (Å²) >= 11 is 0. The van der Waals surface area contributed by atoms with E-state index in [1.54, 1.807) is 26.4 Å². The highest BCUT2D eigenvalue weighted by Gasteiger charge is 2.33. The number of hydrogen-bond acceptors (Lipinski definition) is 4. The van der Waals surface area contributed by atoms with E-state index in [1.807, 2.05) is 17.0 Å². The maximum absolute atomic E-state index is 13.3. The molecule has 1 amide bonds. The lowest BCUT2D eigenvalue weighted by Crippen LogP contribution is -2.42. The van der Waals surface area contributed by atoms with Crippen molar-refractivity contribution in [3.8, 4) is 17.2 Å². The molecule has 4 rings (SSSR count). The second-order valence-electron chi connectivity index (χ2n) is 8.71. The van der Waals surface area contributed by atoms with Gasteiger partial charge in [0.25, 0.3) is 0 Å². The predicted octanol–water partition coefficient (Wildman–Crippen LogP) is 5.32. The van der Waals surface area contributed by atoms with E-state index in [-0.39, 0.29) is 17.8 Å². The third-order valence-corrected chi connectivity index (χ3v) is 6.79. The van der Waals surface area contributed by atoms with Gasteiger partial charge in [-0.1, -0.05) is 25.7 Å². The number of amides is 1. The summed E-state index contributed by atoms with van der Waals surface area (Å²) in [7, 11) is 3.24. The maximum Gasteiger partial charge on any atom is 0.223 e. The molecule has 2 aromatic carbocycles. The second kappa shape index (κ2) is 10.2. The Hall–Kier alpha value is -2.76. The van der Waals surface area contributed by atoms with E-state index in [4.69, 9.17) is 14.2 Å². The van der Waals surface area contributed by atoms with Gasteiger partial charge in [0.2, 0.25) is 5.91 Å². The molecule has 0 saturated heterocycles. The predicted molar refractivity (Wildman–Crippen MR) is 121 cm³/mol. The molecule has 0 spiro atoms. The van der Waals surface area contributed by atoms with Crippen LogP contribution >= 0.6 is 0 Å². The number of methoxy groups -OCH3 is 2. The van der Waals surface area contributed by atoms with Gasteiger partial charge in [-0.05, 0) is 66.3 Å². The van der Waals surface area contributed by atoms with E-state index >= 15 is 0 Å². The van der Waals surface area contributed by atoms with Crippen molar-refractivity contribution in [1.82, 2.24) is 4.90 Å². The van der Waals surface area contributed by atoms with Gasteiger partial charge < -0.3 is 19.1 Å². The van der Waals surface area contributed by atoms with Crippen LogP contribution in [-0.2, 0) is 11.2 Å².